The predicted octanol–water partition coefficient (Wildman–Crippen LogP) is 1.81. The molecule has 2 heterocycles. The second-order valence-corrected chi connectivity index (χ2v) is 7.35. The Kier molecular flexibility index (Phi) is 5.74. The van der Waals surface area contributed by atoms with Gasteiger partial charge in [-0.1, -0.05) is 20.8 Å². The third kappa shape index (κ3) is 4.39. The summed E-state index contributed by atoms with van der Waals surface area (Å²) in [6.45, 7) is 9.89. The van der Waals surface area contributed by atoms with Crippen molar-refractivity contribution in [2.24, 2.45) is 5.41 Å². The highest BCUT2D eigenvalue weighted by Gasteiger charge is 2.29. The molecule has 124 valence electrons. The van der Waals surface area contributed by atoms with Crippen molar-refractivity contribution in [2.45, 2.75) is 33.6 Å². The van der Waals surface area contributed by atoms with Crippen LogP contribution in [-0.4, -0.2) is 60.1 Å². The quantitative estimate of drug-likeness (QED) is 0.844. The van der Waals surface area contributed by atoms with Crippen molar-refractivity contribution in [2.75, 3.05) is 44.8 Å². The van der Waals surface area contributed by atoms with Gasteiger partial charge in [-0.3, -0.25) is 4.79 Å². The van der Waals surface area contributed by atoms with Crippen molar-refractivity contribution in [3.8, 4) is 0 Å². The van der Waals surface area contributed by atoms with Crippen molar-refractivity contribution in [1.82, 2.24) is 14.3 Å². The number of hydrogen-bond donors (Lipinski definition) is 0. The number of anilines is 1. The minimum atomic E-state index is -0.314. The molecule has 0 spiro atoms. The van der Waals surface area contributed by atoms with Gasteiger partial charge in [0.1, 0.15) is 5.82 Å². The maximum Gasteiger partial charge on any atom is 0.228 e. The fourth-order valence-corrected chi connectivity index (χ4v) is 3.22. The molecule has 1 aliphatic heterocycles. The number of ether oxygens (including phenoxy) is 1. The highest BCUT2D eigenvalue weighted by atomic mass is 32.1. The second-order valence-electron chi connectivity index (χ2n) is 6.62. The Hall–Kier alpha value is -1.21. The van der Waals surface area contributed by atoms with Crippen LogP contribution in [-0.2, 0) is 16.0 Å². The van der Waals surface area contributed by atoms with E-state index in [2.05, 4.69) is 14.3 Å². The Labute approximate surface area is 136 Å². The normalized spacial score (nSPS) is 16.7. The van der Waals surface area contributed by atoms with Crippen LogP contribution >= 0.6 is 11.5 Å². The van der Waals surface area contributed by atoms with Crippen molar-refractivity contribution < 1.29 is 9.53 Å². The van der Waals surface area contributed by atoms with Gasteiger partial charge in [0.05, 0.1) is 6.61 Å². The van der Waals surface area contributed by atoms with Crippen molar-refractivity contribution >= 4 is 22.6 Å². The summed E-state index contributed by atoms with van der Waals surface area (Å²) >= 11 is 1.44. The summed E-state index contributed by atoms with van der Waals surface area (Å²) in [5.41, 5.74) is -0.314. The lowest BCUT2D eigenvalue weighted by atomic mass is 9.94. The van der Waals surface area contributed by atoms with E-state index in [1.165, 1.54) is 11.5 Å². The zero-order valence-corrected chi connectivity index (χ0v) is 14.8. The molecule has 0 N–H and O–H groups in total. The third-order valence-electron chi connectivity index (χ3n) is 3.68. The van der Waals surface area contributed by atoms with Gasteiger partial charge in [-0.2, -0.15) is 4.37 Å². The van der Waals surface area contributed by atoms with Gasteiger partial charge in [-0.15, -0.1) is 0 Å². The van der Waals surface area contributed by atoms with Crippen LogP contribution in [0.5, 0.6) is 0 Å². The summed E-state index contributed by atoms with van der Waals surface area (Å²) in [7, 11) is 1.68. The van der Waals surface area contributed by atoms with Crippen LogP contribution in [0.25, 0.3) is 0 Å². The lowest BCUT2D eigenvalue weighted by Gasteiger charge is -2.28. The molecule has 2 rings (SSSR count). The van der Waals surface area contributed by atoms with Crippen molar-refractivity contribution in [1.29, 1.82) is 0 Å². The Morgan fingerprint density at radius 3 is 2.73 bits per heavy atom. The van der Waals surface area contributed by atoms with Crippen LogP contribution in [0.15, 0.2) is 0 Å². The monoisotopic (exact) mass is 326 g/mol. The molecule has 1 aromatic heterocycles. The largest absolute Gasteiger partial charge is 0.384 e. The van der Waals surface area contributed by atoms with Crippen molar-refractivity contribution in [3.05, 3.63) is 5.82 Å². The Bertz CT molecular complexity index is 498. The summed E-state index contributed by atoms with van der Waals surface area (Å²) in [5.74, 6) is 1.07. The summed E-state index contributed by atoms with van der Waals surface area (Å²) < 4.78 is 9.44. The topological polar surface area (TPSA) is 58.6 Å². The molecule has 1 aliphatic rings. The van der Waals surface area contributed by atoms with Crippen LogP contribution in [0.2, 0.25) is 0 Å². The van der Waals surface area contributed by atoms with Gasteiger partial charge in [0.25, 0.3) is 0 Å². The van der Waals surface area contributed by atoms with Crippen LogP contribution in [0.4, 0.5) is 5.13 Å². The highest BCUT2D eigenvalue weighted by molar-refractivity contribution is 7.09. The average Bonchev–Trinajstić information content (AvgIpc) is 2.80. The number of nitrogens with zero attached hydrogens (tertiary/aromatic N) is 4. The van der Waals surface area contributed by atoms with E-state index >= 15 is 0 Å². The number of carbonyl (C=O) groups excluding carboxylic acids is 1. The van der Waals surface area contributed by atoms with Gasteiger partial charge in [-0.05, 0) is 6.42 Å². The van der Waals surface area contributed by atoms with Gasteiger partial charge < -0.3 is 14.5 Å². The summed E-state index contributed by atoms with van der Waals surface area (Å²) in [5, 5.41) is 0.955. The van der Waals surface area contributed by atoms with E-state index in [0.717, 1.165) is 50.0 Å². The van der Waals surface area contributed by atoms with Gasteiger partial charge in [0.2, 0.25) is 11.0 Å². The second kappa shape index (κ2) is 7.37. The third-order valence-corrected chi connectivity index (χ3v) is 4.50. The smallest absolute Gasteiger partial charge is 0.228 e. The molecule has 0 bridgehead atoms. The van der Waals surface area contributed by atoms with Gasteiger partial charge in [0, 0.05) is 56.7 Å². The molecule has 0 saturated carbocycles. The molecule has 1 fully saturated rings. The molecule has 22 heavy (non-hydrogen) atoms. The fraction of sp³-hybridized carbons (Fsp3) is 0.800. The summed E-state index contributed by atoms with van der Waals surface area (Å²) in [4.78, 5) is 21.2. The molecular weight excluding hydrogens is 300 g/mol. The van der Waals surface area contributed by atoms with E-state index in [-0.39, 0.29) is 11.3 Å². The molecule has 7 heteroatoms. The Morgan fingerprint density at radius 1 is 1.27 bits per heavy atom. The average molecular weight is 326 g/mol. The fourth-order valence-electron chi connectivity index (χ4n) is 2.45. The number of methoxy groups -OCH3 is 1. The van der Waals surface area contributed by atoms with Crippen LogP contribution in [0.1, 0.15) is 33.0 Å². The predicted molar refractivity (Wildman–Crippen MR) is 88.4 cm³/mol. The molecule has 0 atom stereocenters. The Balaban J connectivity index is 1.95. The lowest BCUT2D eigenvalue weighted by Crippen LogP contribution is -2.41. The first-order valence-corrected chi connectivity index (χ1v) is 8.55. The van der Waals surface area contributed by atoms with E-state index in [1.807, 2.05) is 25.7 Å². The number of rotatable bonds is 4. The van der Waals surface area contributed by atoms with Gasteiger partial charge >= 0.3 is 0 Å². The van der Waals surface area contributed by atoms with E-state index in [0.29, 0.717) is 6.61 Å². The molecule has 6 nitrogen and oxygen atoms in total. The van der Waals surface area contributed by atoms with Crippen LogP contribution < -0.4 is 4.90 Å². The first kappa shape index (κ1) is 17.1. The molecule has 1 aromatic rings. The molecule has 0 radical (unpaired) electrons. The zero-order valence-electron chi connectivity index (χ0n) is 14.0. The molecule has 1 saturated heterocycles. The SMILES string of the molecule is COCCc1nsc(N2CCCN(C(=O)C(C)(C)C)CC2)n1. The number of amides is 1. The van der Waals surface area contributed by atoms with Crippen LogP contribution in [0.3, 0.4) is 0 Å². The van der Waals surface area contributed by atoms with Crippen molar-refractivity contribution in [3.63, 3.8) is 0 Å². The minimum Gasteiger partial charge on any atom is -0.384 e. The first-order chi connectivity index (χ1) is 10.4. The maximum absolute atomic E-state index is 12.4. The van der Waals surface area contributed by atoms with Gasteiger partial charge in [-0.25, -0.2) is 4.98 Å². The number of hydrogen-bond acceptors (Lipinski definition) is 6. The summed E-state index contributed by atoms with van der Waals surface area (Å²) in [6, 6.07) is 0. The molecule has 0 unspecified atom stereocenters. The zero-order chi connectivity index (χ0) is 16.2. The Morgan fingerprint density at radius 2 is 2.05 bits per heavy atom. The van der Waals surface area contributed by atoms with Crippen LogP contribution in [0, 0.1) is 5.41 Å². The van der Waals surface area contributed by atoms with E-state index in [9.17, 15) is 4.79 Å². The molecule has 0 aromatic carbocycles. The minimum absolute atomic E-state index is 0.229. The molecular formula is C15H26N4O2S. The lowest BCUT2D eigenvalue weighted by molar-refractivity contribution is -0.139. The highest BCUT2D eigenvalue weighted by Crippen LogP contribution is 2.22. The number of carbonyl (C=O) groups is 1. The summed E-state index contributed by atoms with van der Waals surface area (Å²) in [6.07, 6.45) is 1.71. The van der Waals surface area contributed by atoms with E-state index < -0.39 is 0 Å². The molecule has 1 amide bonds. The first-order valence-electron chi connectivity index (χ1n) is 7.77. The molecule has 0 aliphatic carbocycles. The maximum atomic E-state index is 12.4. The van der Waals surface area contributed by atoms with E-state index in [4.69, 9.17) is 4.74 Å². The van der Waals surface area contributed by atoms with E-state index in [1.54, 1.807) is 7.11 Å². The van der Waals surface area contributed by atoms with Gasteiger partial charge in [0.15, 0.2) is 0 Å². The standard InChI is InChI=1S/C15H26N4O2S/c1-15(2,3)13(20)18-7-5-8-19(10-9-18)14-16-12(17-22-14)6-11-21-4/h5-11H2,1-4H3. The number of aromatic nitrogens is 2.